The third-order valence-corrected chi connectivity index (χ3v) is 3.85. The number of benzene rings is 1. The van der Waals surface area contributed by atoms with Crippen molar-refractivity contribution in [2.24, 2.45) is 0 Å². The number of halogens is 1. The fourth-order valence-electron chi connectivity index (χ4n) is 1.52. The van der Waals surface area contributed by atoms with Gasteiger partial charge in [-0.2, -0.15) is 0 Å². The maximum Gasteiger partial charge on any atom is 0.299 e. The van der Waals surface area contributed by atoms with E-state index in [-0.39, 0.29) is 20.8 Å². The van der Waals surface area contributed by atoms with Gasteiger partial charge in [0.15, 0.2) is 4.34 Å². The molecule has 7 heteroatoms. The van der Waals surface area contributed by atoms with Crippen LogP contribution < -0.4 is 4.90 Å². The minimum absolute atomic E-state index is 0.00908. The average Bonchev–Trinajstić information content (AvgIpc) is 2.80. The molecule has 0 unspecified atom stereocenters. The minimum atomic E-state index is -0.599. The van der Waals surface area contributed by atoms with Crippen LogP contribution in [-0.2, 0) is 0 Å². The molecule has 0 aliphatic heterocycles. The highest BCUT2D eigenvalue weighted by Crippen LogP contribution is 2.34. The number of nitro groups is 1. The first-order chi connectivity index (χ1) is 9.00. The van der Waals surface area contributed by atoms with Crippen molar-refractivity contribution in [3.8, 4) is 0 Å². The number of rotatable bonds is 3. The number of nitrogens with zero attached hydrogens (tertiary/aromatic N) is 2. The van der Waals surface area contributed by atoms with Crippen LogP contribution in [0.5, 0.6) is 0 Å². The normalized spacial score (nSPS) is 10.2. The number of para-hydroxylation sites is 1. The van der Waals surface area contributed by atoms with Gasteiger partial charge in [-0.05, 0) is 12.1 Å². The van der Waals surface area contributed by atoms with Crippen LogP contribution in [0, 0.1) is 10.1 Å². The van der Waals surface area contributed by atoms with Gasteiger partial charge in [0, 0.05) is 18.8 Å². The van der Waals surface area contributed by atoms with Gasteiger partial charge in [0.05, 0.1) is 4.92 Å². The van der Waals surface area contributed by atoms with Gasteiger partial charge in [-0.15, -0.1) is 11.3 Å². The van der Waals surface area contributed by atoms with Crippen LogP contribution in [0.1, 0.15) is 9.67 Å². The van der Waals surface area contributed by atoms with Gasteiger partial charge in [-0.3, -0.25) is 14.9 Å². The number of hydrogen-bond donors (Lipinski definition) is 0. The van der Waals surface area contributed by atoms with Gasteiger partial charge in [0.2, 0.25) is 0 Å². The van der Waals surface area contributed by atoms with Crippen molar-refractivity contribution >= 4 is 40.2 Å². The molecule has 0 spiro atoms. The number of thiophene rings is 1. The van der Waals surface area contributed by atoms with E-state index in [2.05, 4.69) is 0 Å². The molecule has 1 heterocycles. The van der Waals surface area contributed by atoms with Crippen molar-refractivity contribution in [2.45, 2.75) is 0 Å². The number of anilines is 1. The van der Waals surface area contributed by atoms with E-state index in [1.54, 1.807) is 19.2 Å². The van der Waals surface area contributed by atoms with E-state index in [0.717, 1.165) is 11.3 Å². The van der Waals surface area contributed by atoms with Crippen molar-refractivity contribution in [1.82, 2.24) is 0 Å². The lowest BCUT2D eigenvalue weighted by atomic mass is 10.3. The molecule has 0 aliphatic rings. The van der Waals surface area contributed by atoms with E-state index in [1.807, 2.05) is 18.2 Å². The van der Waals surface area contributed by atoms with Gasteiger partial charge < -0.3 is 4.90 Å². The minimum Gasteiger partial charge on any atom is -0.311 e. The molecule has 5 nitrogen and oxygen atoms in total. The maximum absolute atomic E-state index is 12.2. The Morgan fingerprint density at radius 3 is 2.53 bits per heavy atom. The molecule has 0 saturated heterocycles. The summed E-state index contributed by atoms with van der Waals surface area (Å²) < 4.78 is 0.00908. The molecule has 19 heavy (non-hydrogen) atoms. The summed E-state index contributed by atoms with van der Waals surface area (Å²) in [6.45, 7) is 0. The summed E-state index contributed by atoms with van der Waals surface area (Å²) in [7, 11) is 1.61. The second kappa shape index (κ2) is 5.38. The highest BCUT2D eigenvalue weighted by Gasteiger charge is 2.23. The third kappa shape index (κ3) is 2.74. The molecule has 2 rings (SSSR count). The summed E-state index contributed by atoms with van der Waals surface area (Å²) >= 11 is 6.65. The van der Waals surface area contributed by atoms with Crippen LogP contribution in [0.4, 0.5) is 11.4 Å². The Kier molecular flexibility index (Phi) is 3.82. The van der Waals surface area contributed by atoms with Crippen molar-refractivity contribution in [1.29, 1.82) is 0 Å². The summed E-state index contributed by atoms with van der Waals surface area (Å²) in [4.78, 5) is 24.0. The van der Waals surface area contributed by atoms with Crippen LogP contribution >= 0.6 is 22.9 Å². The number of carbonyl (C=O) groups is 1. The molecular formula is C12H9ClN2O3S. The fourth-order valence-corrected chi connectivity index (χ4v) is 2.72. The van der Waals surface area contributed by atoms with Gasteiger partial charge in [0.25, 0.3) is 11.6 Å². The van der Waals surface area contributed by atoms with Gasteiger partial charge in [-0.1, -0.05) is 29.8 Å². The Bertz CT molecular complexity index is 627. The van der Waals surface area contributed by atoms with Crippen molar-refractivity contribution in [3.05, 3.63) is 55.7 Å². The van der Waals surface area contributed by atoms with E-state index in [1.165, 1.54) is 11.0 Å². The highest BCUT2D eigenvalue weighted by atomic mass is 35.5. The highest BCUT2D eigenvalue weighted by molar-refractivity contribution is 7.18. The standard InChI is InChI=1S/C12H9ClN2O3S/c1-14(8-5-3-2-4-6-8)12(16)10-7-9(15(17)18)11(13)19-10/h2-7H,1H3. The quantitative estimate of drug-likeness (QED) is 0.642. The second-order valence-corrected chi connectivity index (χ2v) is 5.38. The van der Waals surface area contributed by atoms with E-state index < -0.39 is 4.92 Å². The topological polar surface area (TPSA) is 63.5 Å². The monoisotopic (exact) mass is 296 g/mol. The first-order valence-electron chi connectivity index (χ1n) is 5.27. The Hall–Kier alpha value is -1.92. The third-order valence-electron chi connectivity index (χ3n) is 2.52. The van der Waals surface area contributed by atoms with E-state index in [9.17, 15) is 14.9 Å². The lowest BCUT2D eigenvalue weighted by Gasteiger charge is -2.15. The molecule has 98 valence electrons. The van der Waals surface area contributed by atoms with E-state index in [4.69, 9.17) is 11.6 Å². The molecule has 0 atom stereocenters. The van der Waals surface area contributed by atoms with Crippen molar-refractivity contribution < 1.29 is 9.72 Å². The molecule has 0 aliphatic carbocycles. The van der Waals surface area contributed by atoms with Crippen LogP contribution in [0.3, 0.4) is 0 Å². The smallest absolute Gasteiger partial charge is 0.299 e. The van der Waals surface area contributed by atoms with Gasteiger partial charge in [0.1, 0.15) is 4.88 Å². The van der Waals surface area contributed by atoms with E-state index >= 15 is 0 Å². The fraction of sp³-hybridized carbons (Fsp3) is 0.0833. The average molecular weight is 297 g/mol. The number of carbonyl (C=O) groups excluding carboxylic acids is 1. The van der Waals surface area contributed by atoms with Crippen molar-refractivity contribution in [3.63, 3.8) is 0 Å². The lowest BCUT2D eigenvalue weighted by Crippen LogP contribution is -2.25. The maximum atomic E-state index is 12.2. The first kappa shape index (κ1) is 13.5. The van der Waals surface area contributed by atoms with Crippen LogP contribution in [0.25, 0.3) is 0 Å². The second-order valence-electron chi connectivity index (χ2n) is 3.73. The number of amides is 1. The predicted octanol–water partition coefficient (Wildman–Crippen LogP) is 3.59. The van der Waals surface area contributed by atoms with Crippen molar-refractivity contribution in [2.75, 3.05) is 11.9 Å². The molecule has 0 saturated carbocycles. The predicted molar refractivity (Wildman–Crippen MR) is 75.2 cm³/mol. The SMILES string of the molecule is CN(C(=O)c1cc([N+](=O)[O-])c(Cl)s1)c1ccccc1. The van der Waals surface area contributed by atoms with Crippen LogP contribution in [0.2, 0.25) is 4.34 Å². The zero-order chi connectivity index (χ0) is 14.0. The number of hydrogen-bond acceptors (Lipinski definition) is 4. The Balaban J connectivity index is 2.30. The van der Waals surface area contributed by atoms with Crippen LogP contribution in [0.15, 0.2) is 36.4 Å². The molecule has 1 aromatic heterocycles. The molecule has 0 N–H and O–H groups in total. The van der Waals surface area contributed by atoms with Gasteiger partial charge in [-0.25, -0.2) is 0 Å². The Morgan fingerprint density at radius 2 is 2.00 bits per heavy atom. The molecule has 1 aromatic carbocycles. The first-order valence-corrected chi connectivity index (χ1v) is 6.47. The molecule has 0 radical (unpaired) electrons. The van der Waals surface area contributed by atoms with E-state index in [0.29, 0.717) is 5.69 Å². The van der Waals surface area contributed by atoms with Crippen LogP contribution in [-0.4, -0.2) is 17.9 Å². The molecule has 0 fully saturated rings. The summed E-state index contributed by atoms with van der Waals surface area (Å²) in [6.07, 6.45) is 0. The summed E-state index contributed by atoms with van der Waals surface area (Å²) in [6, 6.07) is 10.2. The Morgan fingerprint density at radius 1 is 1.37 bits per heavy atom. The lowest BCUT2D eigenvalue weighted by molar-refractivity contribution is -0.384. The zero-order valence-electron chi connectivity index (χ0n) is 9.87. The summed E-state index contributed by atoms with van der Waals surface area (Å²) in [5.41, 5.74) is 0.469. The molecule has 0 bridgehead atoms. The summed E-state index contributed by atoms with van der Waals surface area (Å²) in [5.74, 6) is -0.328. The molecule has 1 amide bonds. The Labute approximate surface area is 118 Å². The molecular weight excluding hydrogens is 288 g/mol. The van der Waals surface area contributed by atoms with Gasteiger partial charge >= 0.3 is 0 Å². The summed E-state index contributed by atoms with van der Waals surface area (Å²) in [5, 5.41) is 10.7. The zero-order valence-corrected chi connectivity index (χ0v) is 11.4. The molecule has 2 aromatic rings. The largest absolute Gasteiger partial charge is 0.311 e.